The standard InChI is InChI=1S/C19H24N4O2/c1-15-5-6-19(25-15)18(22-8-10-24-11-9-22)14-20-12-16-13-21-23-7-3-2-4-17(16)23/h2-7,13,18,20H,8-12,14H2,1H3. The summed E-state index contributed by atoms with van der Waals surface area (Å²) in [6.07, 6.45) is 3.91. The second-order valence-corrected chi connectivity index (χ2v) is 6.44. The molecule has 1 N–H and O–H groups in total. The normalized spacial score (nSPS) is 17.2. The minimum atomic E-state index is 0.222. The Morgan fingerprint density at radius 3 is 2.88 bits per heavy atom. The monoisotopic (exact) mass is 340 g/mol. The lowest BCUT2D eigenvalue weighted by atomic mass is 10.1. The highest BCUT2D eigenvalue weighted by molar-refractivity contribution is 5.53. The predicted octanol–water partition coefficient (Wildman–Crippen LogP) is 2.40. The molecule has 6 heteroatoms. The maximum Gasteiger partial charge on any atom is 0.122 e. The maximum atomic E-state index is 5.92. The minimum absolute atomic E-state index is 0.222. The molecule has 0 aromatic carbocycles. The minimum Gasteiger partial charge on any atom is -0.465 e. The maximum absolute atomic E-state index is 5.92. The molecule has 3 aromatic rings. The second kappa shape index (κ2) is 7.39. The van der Waals surface area contributed by atoms with Gasteiger partial charge in [0.25, 0.3) is 0 Å². The zero-order valence-corrected chi connectivity index (χ0v) is 14.5. The summed E-state index contributed by atoms with van der Waals surface area (Å²) < 4.78 is 13.3. The summed E-state index contributed by atoms with van der Waals surface area (Å²) >= 11 is 0. The average Bonchev–Trinajstić information content (AvgIpc) is 3.26. The third-order valence-electron chi connectivity index (χ3n) is 4.74. The average molecular weight is 340 g/mol. The molecule has 1 aliphatic rings. The zero-order chi connectivity index (χ0) is 17.1. The molecule has 132 valence electrons. The van der Waals surface area contributed by atoms with Crippen LogP contribution in [0.4, 0.5) is 0 Å². The first-order chi connectivity index (χ1) is 12.3. The Hall–Kier alpha value is -2.15. The lowest BCUT2D eigenvalue weighted by Crippen LogP contribution is -2.42. The summed E-state index contributed by atoms with van der Waals surface area (Å²) in [4.78, 5) is 2.44. The van der Waals surface area contributed by atoms with Gasteiger partial charge in [0.05, 0.1) is 31.0 Å². The lowest BCUT2D eigenvalue weighted by Gasteiger charge is -2.33. The fourth-order valence-electron chi connectivity index (χ4n) is 3.40. The quantitative estimate of drug-likeness (QED) is 0.747. The molecule has 0 bridgehead atoms. The van der Waals surface area contributed by atoms with Gasteiger partial charge >= 0.3 is 0 Å². The van der Waals surface area contributed by atoms with E-state index >= 15 is 0 Å². The SMILES string of the molecule is Cc1ccc(C(CNCc2cnn3ccccc23)N2CCOCC2)o1. The van der Waals surface area contributed by atoms with Crippen LogP contribution in [0.5, 0.6) is 0 Å². The molecule has 25 heavy (non-hydrogen) atoms. The third-order valence-corrected chi connectivity index (χ3v) is 4.74. The Balaban J connectivity index is 1.45. The third kappa shape index (κ3) is 3.61. The Morgan fingerprint density at radius 2 is 2.08 bits per heavy atom. The van der Waals surface area contributed by atoms with Gasteiger partial charge in [-0.25, -0.2) is 4.52 Å². The molecule has 1 atom stereocenters. The van der Waals surface area contributed by atoms with Gasteiger partial charge in [0.15, 0.2) is 0 Å². The van der Waals surface area contributed by atoms with Gasteiger partial charge in [0, 0.05) is 37.9 Å². The largest absolute Gasteiger partial charge is 0.465 e. The Bertz CT molecular complexity index is 820. The Labute approximate surface area is 147 Å². The highest BCUT2D eigenvalue weighted by atomic mass is 16.5. The van der Waals surface area contributed by atoms with Gasteiger partial charge in [0.2, 0.25) is 0 Å². The second-order valence-electron chi connectivity index (χ2n) is 6.44. The molecule has 0 spiro atoms. The molecule has 0 aliphatic carbocycles. The molecule has 0 amide bonds. The summed E-state index contributed by atoms with van der Waals surface area (Å²) in [6.45, 7) is 7.04. The van der Waals surface area contributed by atoms with E-state index in [0.29, 0.717) is 0 Å². The zero-order valence-electron chi connectivity index (χ0n) is 14.5. The number of nitrogens with zero attached hydrogens (tertiary/aromatic N) is 3. The molecule has 0 saturated carbocycles. The van der Waals surface area contributed by atoms with Crippen molar-refractivity contribution in [3.63, 3.8) is 0 Å². The first-order valence-electron chi connectivity index (χ1n) is 8.81. The number of hydrogen-bond acceptors (Lipinski definition) is 5. The van der Waals surface area contributed by atoms with Crippen LogP contribution in [0.15, 0.2) is 47.1 Å². The summed E-state index contributed by atoms with van der Waals surface area (Å²) in [5, 5.41) is 7.99. The van der Waals surface area contributed by atoms with Crippen molar-refractivity contribution in [2.45, 2.75) is 19.5 Å². The van der Waals surface area contributed by atoms with Crippen LogP contribution in [-0.2, 0) is 11.3 Å². The van der Waals surface area contributed by atoms with Crippen LogP contribution in [0, 0.1) is 6.92 Å². The van der Waals surface area contributed by atoms with Gasteiger partial charge in [0.1, 0.15) is 11.5 Å². The van der Waals surface area contributed by atoms with E-state index in [4.69, 9.17) is 9.15 Å². The summed E-state index contributed by atoms with van der Waals surface area (Å²) in [5.74, 6) is 1.97. The van der Waals surface area contributed by atoms with Gasteiger partial charge in [-0.15, -0.1) is 0 Å². The molecule has 0 radical (unpaired) electrons. The molecule has 1 fully saturated rings. The fourth-order valence-corrected chi connectivity index (χ4v) is 3.40. The highest BCUT2D eigenvalue weighted by Crippen LogP contribution is 2.23. The van der Waals surface area contributed by atoms with Crippen LogP contribution in [0.25, 0.3) is 5.52 Å². The number of rotatable bonds is 6. The number of aromatic nitrogens is 2. The fraction of sp³-hybridized carbons (Fsp3) is 0.421. The van der Waals surface area contributed by atoms with E-state index in [0.717, 1.165) is 56.4 Å². The summed E-state index contributed by atoms with van der Waals surface area (Å²) in [5.41, 5.74) is 2.35. The van der Waals surface area contributed by atoms with E-state index in [1.165, 1.54) is 5.56 Å². The van der Waals surface area contributed by atoms with E-state index in [1.54, 1.807) is 0 Å². The molecule has 6 nitrogen and oxygen atoms in total. The first kappa shape index (κ1) is 16.3. The van der Waals surface area contributed by atoms with E-state index in [9.17, 15) is 0 Å². The highest BCUT2D eigenvalue weighted by Gasteiger charge is 2.24. The molecule has 1 aliphatic heterocycles. The number of morpholine rings is 1. The first-order valence-corrected chi connectivity index (χ1v) is 8.81. The predicted molar refractivity (Wildman–Crippen MR) is 95.5 cm³/mol. The van der Waals surface area contributed by atoms with Gasteiger partial charge in [-0.1, -0.05) is 6.07 Å². The van der Waals surface area contributed by atoms with Crippen molar-refractivity contribution in [2.75, 3.05) is 32.8 Å². The Kier molecular flexibility index (Phi) is 4.83. The van der Waals surface area contributed by atoms with Crippen LogP contribution in [0.3, 0.4) is 0 Å². The lowest BCUT2D eigenvalue weighted by molar-refractivity contribution is 0.0115. The van der Waals surface area contributed by atoms with Gasteiger partial charge < -0.3 is 14.5 Å². The van der Waals surface area contributed by atoms with Crippen LogP contribution in [-0.4, -0.2) is 47.4 Å². The van der Waals surface area contributed by atoms with Gasteiger partial charge in [-0.2, -0.15) is 5.10 Å². The van der Waals surface area contributed by atoms with Crippen LogP contribution >= 0.6 is 0 Å². The molecule has 3 aromatic heterocycles. The van der Waals surface area contributed by atoms with Crippen molar-refractivity contribution in [1.29, 1.82) is 0 Å². The molecule has 4 rings (SSSR count). The van der Waals surface area contributed by atoms with E-state index in [1.807, 2.05) is 42.0 Å². The van der Waals surface area contributed by atoms with Gasteiger partial charge in [-0.3, -0.25) is 4.90 Å². The van der Waals surface area contributed by atoms with E-state index < -0.39 is 0 Å². The molecular weight excluding hydrogens is 316 g/mol. The number of fused-ring (bicyclic) bond motifs is 1. The van der Waals surface area contributed by atoms with Crippen LogP contribution < -0.4 is 5.32 Å². The van der Waals surface area contributed by atoms with E-state index in [-0.39, 0.29) is 6.04 Å². The van der Waals surface area contributed by atoms with Gasteiger partial charge in [-0.05, 0) is 31.2 Å². The number of aryl methyl sites for hydroxylation is 1. The number of hydrogen-bond donors (Lipinski definition) is 1. The van der Waals surface area contributed by atoms with Crippen LogP contribution in [0.1, 0.15) is 23.1 Å². The van der Waals surface area contributed by atoms with Crippen LogP contribution in [0.2, 0.25) is 0 Å². The van der Waals surface area contributed by atoms with E-state index in [2.05, 4.69) is 27.4 Å². The van der Waals surface area contributed by atoms with Crippen molar-refractivity contribution in [3.05, 3.63) is 59.8 Å². The summed E-state index contributed by atoms with van der Waals surface area (Å²) in [7, 11) is 0. The molecule has 1 saturated heterocycles. The number of nitrogens with one attached hydrogen (secondary N) is 1. The van der Waals surface area contributed by atoms with Crippen molar-refractivity contribution in [2.24, 2.45) is 0 Å². The number of ether oxygens (including phenoxy) is 1. The van der Waals surface area contributed by atoms with Crippen molar-refractivity contribution < 1.29 is 9.15 Å². The molecule has 1 unspecified atom stereocenters. The topological polar surface area (TPSA) is 54.9 Å². The van der Waals surface area contributed by atoms with Crippen molar-refractivity contribution >= 4 is 5.52 Å². The smallest absolute Gasteiger partial charge is 0.122 e. The number of pyridine rings is 1. The summed E-state index contributed by atoms with van der Waals surface area (Å²) in [6, 6.07) is 10.5. The van der Waals surface area contributed by atoms with Crippen molar-refractivity contribution in [1.82, 2.24) is 19.8 Å². The molecular formula is C19H24N4O2. The van der Waals surface area contributed by atoms with Crippen molar-refractivity contribution in [3.8, 4) is 0 Å². The Morgan fingerprint density at radius 1 is 1.20 bits per heavy atom. The molecule has 4 heterocycles. The number of furan rings is 1.